The number of rotatable bonds is 7. The first-order valence-corrected chi connectivity index (χ1v) is 11.3. The summed E-state index contributed by atoms with van der Waals surface area (Å²) in [5, 5.41) is 2.01. The largest absolute Gasteiger partial charge is 0.292 e. The molecule has 0 saturated carbocycles. The molecule has 0 saturated heterocycles. The van der Waals surface area contributed by atoms with Gasteiger partial charge in [0, 0.05) is 11.3 Å². The van der Waals surface area contributed by atoms with Crippen LogP contribution in [-0.2, 0) is 13.0 Å². The minimum absolute atomic E-state index is 0.0585. The van der Waals surface area contributed by atoms with Crippen LogP contribution in [0.5, 0.6) is 0 Å². The van der Waals surface area contributed by atoms with Crippen molar-refractivity contribution in [1.29, 1.82) is 0 Å². The highest BCUT2D eigenvalue weighted by Crippen LogP contribution is 2.25. The van der Waals surface area contributed by atoms with Crippen molar-refractivity contribution in [2.45, 2.75) is 39.7 Å². The van der Waals surface area contributed by atoms with Crippen molar-refractivity contribution in [2.75, 3.05) is 0 Å². The number of aryl methyl sites for hydroxylation is 2. The predicted octanol–water partition coefficient (Wildman–Crippen LogP) is 6.34. The van der Waals surface area contributed by atoms with E-state index in [1.807, 2.05) is 47.2 Å². The molecule has 152 valence electrons. The van der Waals surface area contributed by atoms with Crippen molar-refractivity contribution in [1.82, 2.24) is 9.55 Å². The molecule has 4 heteroatoms. The lowest BCUT2D eigenvalue weighted by atomic mass is 10.0. The van der Waals surface area contributed by atoms with Crippen LogP contribution in [0, 0.1) is 6.92 Å². The molecule has 2 aromatic heterocycles. The van der Waals surface area contributed by atoms with E-state index in [1.165, 1.54) is 11.1 Å². The van der Waals surface area contributed by atoms with Crippen molar-refractivity contribution < 1.29 is 0 Å². The minimum atomic E-state index is 0.0585. The van der Waals surface area contributed by atoms with Crippen LogP contribution in [-0.4, -0.2) is 9.55 Å². The lowest BCUT2D eigenvalue weighted by molar-refractivity contribution is 0.634. The maximum atomic E-state index is 13.5. The zero-order valence-electron chi connectivity index (χ0n) is 17.5. The van der Waals surface area contributed by atoms with Crippen molar-refractivity contribution in [3.63, 3.8) is 0 Å². The fourth-order valence-electron chi connectivity index (χ4n) is 3.73. The zero-order valence-corrected chi connectivity index (χ0v) is 18.3. The van der Waals surface area contributed by atoms with Gasteiger partial charge in [-0.05, 0) is 41.5 Å². The molecule has 0 unspecified atom stereocenters. The Bertz CT molecular complexity index is 1160. The fourth-order valence-corrected chi connectivity index (χ4v) is 4.54. The summed E-state index contributed by atoms with van der Waals surface area (Å²) in [6.07, 6.45) is 2.92. The number of nitrogens with zero attached hydrogens (tertiary/aromatic N) is 2. The summed E-state index contributed by atoms with van der Waals surface area (Å²) in [5.41, 5.74) is 5.09. The Labute approximate surface area is 181 Å². The highest BCUT2D eigenvalue weighted by Gasteiger charge is 2.16. The summed E-state index contributed by atoms with van der Waals surface area (Å²) in [6.45, 7) is 4.65. The number of benzene rings is 2. The molecule has 0 fully saturated rings. The molecule has 0 atom stereocenters. The molecule has 4 aromatic rings. The average molecular weight is 415 g/mol. The van der Waals surface area contributed by atoms with E-state index in [0.29, 0.717) is 6.54 Å². The van der Waals surface area contributed by atoms with Gasteiger partial charge in [-0.1, -0.05) is 74.0 Å². The fraction of sp³-hybridized carbons (Fsp3) is 0.231. The van der Waals surface area contributed by atoms with Gasteiger partial charge < -0.3 is 0 Å². The maximum Gasteiger partial charge on any atom is 0.262 e. The standard InChI is InChI=1S/C26H26N2OS/c1-3-4-12-24-27-19(2)25(23-11-8-17-30-23)26(29)28(24)18-20-13-15-22(16-14-20)21-9-6-5-7-10-21/h5-11,13-17H,3-4,12,18H2,1-2H3. The van der Waals surface area contributed by atoms with E-state index >= 15 is 0 Å². The molecule has 0 radical (unpaired) electrons. The van der Waals surface area contributed by atoms with E-state index in [-0.39, 0.29) is 5.56 Å². The van der Waals surface area contributed by atoms with Crippen molar-refractivity contribution >= 4 is 11.3 Å². The third-order valence-electron chi connectivity index (χ3n) is 5.35. The smallest absolute Gasteiger partial charge is 0.262 e. The molecule has 0 aliphatic rings. The maximum absolute atomic E-state index is 13.5. The lowest BCUT2D eigenvalue weighted by Crippen LogP contribution is -2.28. The molecule has 2 heterocycles. The lowest BCUT2D eigenvalue weighted by Gasteiger charge is -2.16. The van der Waals surface area contributed by atoms with Gasteiger partial charge in [0.2, 0.25) is 0 Å². The summed E-state index contributed by atoms with van der Waals surface area (Å²) in [7, 11) is 0. The van der Waals surface area contributed by atoms with E-state index in [2.05, 4.69) is 43.3 Å². The third kappa shape index (κ3) is 4.29. The topological polar surface area (TPSA) is 34.9 Å². The van der Waals surface area contributed by atoms with Gasteiger partial charge in [0.1, 0.15) is 5.82 Å². The van der Waals surface area contributed by atoms with E-state index in [0.717, 1.165) is 46.8 Å². The Morgan fingerprint density at radius 2 is 1.67 bits per heavy atom. The van der Waals surface area contributed by atoms with E-state index in [9.17, 15) is 4.79 Å². The Hall–Kier alpha value is -2.98. The number of aromatic nitrogens is 2. The van der Waals surface area contributed by atoms with Crippen LogP contribution in [0.15, 0.2) is 76.9 Å². The first-order valence-electron chi connectivity index (χ1n) is 10.5. The van der Waals surface area contributed by atoms with Crippen LogP contribution in [0.2, 0.25) is 0 Å². The first kappa shape index (κ1) is 20.3. The van der Waals surface area contributed by atoms with E-state index < -0.39 is 0 Å². The highest BCUT2D eigenvalue weighted by molar-refractivity contribution is 7.13. The third-order valence-corrected chi connectivity index (χ3v) is 6.24. The van der Waals surface area contributed by atoms with Crippen LogP contribution in [0.3, 0.4) is 0 Å². The van der Waals surface area contributed by atoms with Gasteiger partial charge in [-0.2, -0.15) is 0 Å². The molecule has 0 aliphatic heterocycles. The molecule has 0 bridgehead atoms. The molecule has 30 heavy (non-hydrogen) atoms. The van der Waals surface area contributed by atoms with Crippen LogP contribution < -0.4 is 5.56 Å². The summed E-state index contributed by atoms with van der Waals surface area (Å²) in [4.78, 5) is 19.3. The summed E-state index contributed by atoms with van der Waals surface area (Å²) in [5.74, 6) is 0.881. The molecular formula is C26H26N2OS. The molecule has 4 rings (SSSR count). The van der Waals surface area contributed by atoms with Crippen LogP contribution in [0.1, 0.15) is 36.8 Å². The molecule has 0 amide bonds. The number of thiophene rings is 1. The minimum Gasteiger partial charge on any atom is -0.292 e. The SMILES string of the molecule is CCCCc1nc(C)c(-c2cccs2)c(=O)n1Cc1ccc(-c2ccccc2)cc1. The summed E-state index contributed by atoms with van der Waals surface area (Å²) >= 11 is 1.59. The van der Waals surface area contributed by atoms with Gasteiger partial charge in [-0.3, -0.25) is 9.36 Å². The Balaban J connectivity index is 1.71. The summed E-state index contributed by atoms with van der Waals surface area (Å²) < 4.78 is 1.87. The van der Waals surface area contributed by atoms with Gasteiger partial charge in [0.05, 0.1) is 17.8 Å². The second-order valence-electron chi connectivity index (χ2n) is 7.52. The quantitative estimate of drug-likeness (QED) is 0.354. The molecule has 2 aromatic carbocycles. The summed E-state index contributed by atoms with van der Waals surface area (Å²) in [6, 6.07) is 22.8. The van der Waals surface area contributed by atoms with Crippen LogP contribution in [0.4, 0.5) is 0 Å². The number of hydrogen-bond donors (Lipinski definition) is 0. The van der Waals surface area contributed by atoms with Gasteiger partial charge in [-0.25, -0.2) is 4.98 Å². The predicted molar refractivity (Wildman–Crippen MR) is 126 cm³/mol. The zero-order chi connectivity index (χ0) is 20.9. The molecule has 0 aliphatic carbocycles. The normalized spacial score (nSPS) is 11.0. The second kappa shape index (κ2) is 9.23. The number of hydrogen-bond acceptors (Lipinski definition) is 3. The molecular weight excluding hydrogens is 388 g/mol. The van der Waals surface area contributed by atoms with Crippen molar-refractivity contribution in [3.05, 3.63) is 99.5 Å². The monoisotopic (exact) mass is 414 g/mol. The van der Waals surface area contributed by atoms with Crippen LogP contribution in [0.25, 0.3) is 21.6 Å². The Kier molecular flexibility index (Phi) is 6.24. The first-order chi connectivity index (χ1) is 14.7. The highest BCUT2D eigenvalue weighted by atomic mass is 32.1. The van der Waals surface area contributed by atoms with Gasteiger partial charge in [-0.15, -0.1) is 11.3 Å². The molecule has 0 spiro atoms. The Morgan fingerprint density at radius 3 is 2.33 bits per heavy atom. The average Bonchev–Trinajstić information content (AvgIpc) is 3.30. The van der Waals surface area contributed by atoms with E-state index in [4.69, 9.17) is 4.98 Å². The molecule has 0 N–H and O–H groups in total. The van der Waals surface area contributed by atoms with Crippen molar-refractivity contribution in [3.8, 4) is 21.6 Å². The second-order valence-corrected chi connectivity index (χ2v) is 8.47. The van der Waals surface area contributed by atoms with Gasteiger partial charge in [0.15, 0.2) is 0 Å². The van der Waals surface area contributed by atoms with Crippen LogP contribution >= 0.6 is 11.3 Å². The van der Waals surface area contributed by atoms with Crippen molar-refractivity contribution in [2.24, 2.45) is 0 Å². The Morgan fingerprint density at radius 1 is 0.933 bits per heavy atom. The number of unbranched alkanes of at least 4 members (excludes halogenated alkanes) is 1. The van der Waals surface area contributed by atoms with Gasteiger partial charge in [0.25, 0.3) is 5.56 Å². The van der Waals surface area contributed by atoms with E-state index in [1.54, 1.807) is 11.3 Å². The molecule has 3 nitrogen and oxygen atoms in total. The van der Waals surface area contributed by atoms with Gasteiger partial charge >= 0.3 is 0 Å².